The first kappa shape index (κ1) is 19.4. The van der Waals surface area contributed by atoms with E-state index in [0.29, 0.717) is 6.61 Å². The molecule has 0 aromatic carbocycles. The monoisotopic (exact) mass is 286 g/mol. The predicted molar refractivity (Wildman–Crippen MR) is 84.9 cm³/mol. The average Bonchev–Trinajstić information content (AvgIpc) is 2.32. The van der Waals surface area contributed by atoms with E-state index in [9.17, 15) is 4.79 Å². The van der Waals surface area contributed by atoms with Gasteiger partial charge in [0, 0.05) is 13.1 Å². The second-order valence-electron chi connectivity index (χ2n) is 7.03. The van der Waals surface area contributed by atoms with Crippen molar-refractivity contribution in [2.24, 2.45) is 5.41 Å². The van der Waals surface area contributed by atoms with Gasteiger partial charge in [0.05, 0.1) is 6.61 Å². The molecule has 0 aliphatic carbocycles. The zero-order chi connectivity index (χ0) is 15.8. The van der Waals surface area contributed by atoms with E-state index in [1.165, 1.54) is 0 Å². The van der Waals surface area contributed by atoms with Gasteiger partial charge >= 0.3 is 5.97 Å². The molecule has 0 saturated carbocycles. The minimum absolute atomic E-state index is 0.141. The van der Waals surface area contributed by atoms with Crippen molar-refractivity contribution >= 4 is 5.97 Å². The fourth-order valence-corrected chi connectivity index (χ4v) is 2.26. The van der Waals surface area contributed by atoms with E-state index < -0.39 is 5.54 Å². The predicted octanol–water partition coefficient (Wildman–Crippen LogP) is 2.68. The third-order valence-electron chi connectivity index (χ3n) is 3.23. The van der Waals surface area contributed by atoms with Crippen LogP contribution in [0.3, 0.4) is 0 Å². The molecule has 0 bridgehead atoms. The fraction of sp³-hybridized carbons (Fsp3) is 0.938. The molecule has 0 aliphatic heterocycles. The minimum Gasteiger partial charge on any atom is -0.465 e. The second kappa shape index (κ2) is 8.63. The van der Waals surface area contributed by atoms with Crippen molar-refractivity contribution in [3.63, 3.8) is 0 Å². The van der Waals surface area contributed by atoms with Crippen LogP contribution >= 0.6 is 0 Å². The van der Waals surface area contributed by atoms with Gasteiger partial charge < -0.3 is 15.0 Å². The number of ether oxygens (including phenoxy) is 1. The number of esters is 1. The molecular formula is C16H34N2O2. The van der Waals surface area contributed by atoms with Crippen LogP contribution in [0.25, 0.3) is 0 Å². The van der Waals surface area contributed by atoms with Gasteiger partial charge in [0.15, 0.2) is 0 Å². The van der Waals surface area contributed by atoms with Crippen molar-refractivity contribution in [1.82, 2.24) is 10.2 Å². The highest BCUT2D eigenvalue weighted by Gasteiger charge is 2.34. The molecule has 0 heterocycles. The van der Waals surface area contributed by atoms with E-state index in [-0.39, 0.29) is 11.4 Å². The number of hydrogen-bond acceptors (Lipinski definition) is 4. The summed E-state index contributed by atoms with van der Waals surface area (Å²) in [5, 5.41) is 3.35. The number of nitrogens with zero attached hydrogens (tertiary/aromatic N) is 1. The van der Waals surface area contributed by atoms with Gasteiger partial charge in [0.25, 0.3) is 0 Å². The summed E-state index contributed by atoms with van der Waals surface area (Å²) in [6.07, 6.45) is 1.77. The number of rotatable bonds is 9. The molecule has 4 nitrogen and oxygen atoms in total. The molecule has 4 heteroatoms. The molecule has 0 amide bonds. The first-order valence-electron chi connectivity index (χ1n) is 7.75. The molecule has 0 aliphatic rings. The van der Waals surface area contributed by atoms with Crippen LogP contribution in [-0.2, 0) is 9.53 Å². The summed E-state index contributed by atoms with van der Waals surface area (Å²) in [7, 11) is 2.11. The van der Waals surface area contributed by atoms with Crippen molar-refractivity contribution < 1.29 is 9.53 Å². The van der Waals surface area contributed by atoms with Crippen molar-refractivity contribution in [3.05, 3.63) is 0 Å². The van der Waals surface area contributed by atoms with Gasteiger partial charge in [-0.1, -0.05) is 27.7 Å². The molecule has 0 saturated heterocycles. The van der Waals surface area contributed by atoms with Gasteiger partial charge in [-0.3, -0.25) is 4.79 Å². The van der Waals surface area contributed by atoms with Gasteiger partial charge in [-0.05, 0) is 45.7 Å². The highest BCUT2D eigenvalue weighted by Crippen LogP contribution is 2.17. The molecule has 0 rings (SSSR count). The summed E-state index contributed by atoms with van der Waals surface area (Å²) in [5.41, 5.74) is -0.315. The summed E-state index contributed by atoms with van der Waals surface area (Å²) < 4.78 is 5.22. The molecule has 1 N–H and O–H groups in total. The van der Waals surface area contributed by atoms with E-state index in [2.05, 4.69) is 45.0 Å². The van der Waals surface area contributed by atoms with E-state index in [1.807, 2.05) is 13.8 Å². The zero-order valence-corrected chi connectivity index (χ0v) is 14.5. The zero-order valence-electron chi connectivity index (χ0n) is 14.5. The van der Waals surface area contributed by atoms with E-state index >= 15 is 0 Å². The third-order valence-corrected chi connectivity index (χ3v) is 3.23. The highest BCUT2D eigenvalue weighted by atomic mass is 16.5. The summed E-state index contributed by atoms with van der Waals surface area (Å²) >= 11 is 0. The van der Waals surface area contributed by atoms with Crippen LogP contribution < -0.4 is 5.32 Å². The first-order valence-corrected chi connectivity index (χ1v) is 7.75. The average molecular weight is 286 g/mol. The molecule has 0 aromatic rings. The Morgan fingerprint density at radius 3 is 2.25 bits per heavy atom. The Kier molecular flexibility index (Phi) is 8.36. The van der Waals surface area contributed by atoms with Crippen LogP contribution in [0.2, 0.25) is 0 Å². The Balaban J connectivity index is 4.53. The number of hydrogen-bond donors (Lipinski definition) is 1. The largest absolute Gasteiger partial charge is 0.465 e. The normalized spacial score (nSPS) is 15.2. The standard InChI is InChI=1S/C16H34N2O2/c1-8-11-17-16(6,14(19)20-9-2)10-12-18(7)13-15(3,4)5/h17H,8-13H2,1-7H3. The van der Waals surface area contributed by atoms with Crippen LogP contribution in [-0.4, -0.2) is 49.7 Å². The van der Waals surface area contributed by atoms with Crippen LogP contribution in [0.15, 0.2) is 0 Å². The topological polar surface area (TPSA) is 41.6 Å². The van der Waals surface area contributed by atoms with Crippen LogP contribution in [0, 0.1) is 5.41 Å². The van der Waals surface area contributed by atoms with Crippen LogP contribution in [0.5, 0.6) is 0 Å². The Morgan fingerprint density at radius 1 is 1.20 bits per heavy atom. The van der Waals surface area contributed by atoms with Gasteiger partial charge in [-0.25, -0.2) is 0 Å². The van der Waals surface area contributed by atoms with Crippen molar-refractivity contribution in [3.8, 4) is 0 Å². The lowest BCUT2D eigenvalue weighted by atomic mass is 9.94. The van der Waals surface area contributed by atoms with Gasteiger partial charge in [-0.2, -0.15) is 0 Å². The lowest BCUT2D eigenvalue weighted by Crippen LogP contribution is -2.52. The molecule has 0 radical (unpaired) electrons. The molecule has 1 atom stereocenters. The maximum Gasteiger partial charge on any atom is 0.326 e. The maximum absolute atomic E-state index is 12.2. The molecule has 0 spiro atoms. The minimum atomic E-state index is -0.585. The third kappa shape index (κ3) is 7.85. The quantitative estimate of drug-likeness (QED) is 0.662. The first-order chi connectivity index (χ1) is 9.14. The van der Waals surface area contributed by atoms with Crippen molar-refractivity contribution in [1.29, 1.82) is 0 Å². The summed E-state index contributed by atoms with van der Waals surface area (Å²) in [6.45, 7) is 15.7. The summed E-state index contributed by atoms with van der Waals surface area (Å²) in [5.74, 6) is -0.141. The Hall–Kier alpha value is -0.610. The SMILES string of the molecule is CCCNC(C)(CCN(C)CC(C)(C)C)C(=O)OCC. The molecule has 120 valence electrons. The maximum atomic E-state index is 12.2. The smallest absolute Gasteiger partial charge is 0.326 e. The summed E-state index contributed by atoms with van der Waals surface area (Å²) in [4.78, 5) is 14.4. The number of carbonyl (C=O) groups is 1. The molecule has 0 fully saturated rings. The van der Waals surface area contributed by atoms with E-state index in [4.69, 9.17) is 4.74 Å². The number of nitrogens with one attached hydrogen (secondary N) is 1. The van der Waals surface area contributed by atoms with E-state index in [1.54, 1.807) is 0 Å². The lowest BCUT2D eigenvalue weighted by molar-refractivity contribution is -0.151. The Morgan fingerprint density at radius 2 is 1.80 bits per heavy atom. The molecular weight excluding hydrogens is 252 g/mol. The Labute approximate surface area is 125 Å². The van der Waals surface area contributed by atoms with Gasteiger partial charge in [0.1, 0.15) is 5.54 Å². The van der Waals surface area contributed by atoms with Crippen molar-refractivity contribution in [2.45, 2.75) is 59.9 Å². The molecule has 1 unspecified atom stereocenters. The number of carbonyl (C=O) groups excluding carboxylic acids is 1. The fourth-order valence-electron chi connectivity index (χ4n) is 2.26. The molecule has 0 aromatic heterocycles. The highest BCUT2D eigenvalue weighted by molar-refractivity contribution is 5.80. The van der Waals surface area contributed by atoms with Crippen LogP contribution in [0.1, 0.15) is 54.4 Å². The second-order valence-corrected chi connectivity index (χ2v) is 7.03. The van der Waals surface area contributed by atoms with Crippen LogP contribution in [0.4, 0.5) is 0 Å². The van der Waals surface area contributed by atoms with E-state index in [0.717, 1.165) is 32.5 Å². The van der Waals surface area contributed by atoms with Gasteiger partial charge in [-0.15, -0.1) is 0 Å². The lowest BCUT2D eigenvalue weighted by Gasteiger charge is -2.32. The summed E-state index contributed by atoms with van der Waals surface area (Å²) in [6, 6.07) is 0. The van der Waals surface area contributed by atoms with Gasteiger partial charge in [0.2, 0.25) is 0 Å². The molecule has 20 heavy (non-hydrogen) atoms. The van der Waals surface area contributed by atoms with Crippen molar-refractivity contribution in [2.75, 3.05) is 33.3 Å². The Bertz CT molecular complexity index is 287.